The van der Waals surface area contributed by atoms with Gasteiger partial charge < -0.3 is 9.88 Å². The second-order valence-corrected chi connectivity index (χ2v) is 9.10. The number of benzene rings is 2. The number of rotatable bonds is 6. The van der Waals surface area contributed by atoms with Crippen LogP contribution in [0.5, 0.6) is 0 Å². The Labute approximate surface area is 177 Å². The van der Waals surface area contributed by atoms with Crippen LogP contribution in [0, 0.1) is 0 Å². The van der Waals surface area contributed by atoms with Gasteiger partial charge in [0.05, 0.1) is 11.0 Å². The molecule has 1 N–H and O–H groups in total. The van der Waals surface area contributed by atoms with Gasteiger partial charge in [-0.2, -0.15) is 0 Å². The molecule has 1 aromatic heterocycles. The molecule has 5 heteroatoms. The van der Waals surface area contributed by atoms with Crippen LogP contribution in [0.15, 0.2) is 53.7 Å². The van der Waals surface area contributed by atoms with E-state index in [1.807, 2.05) is 42.3 Å². The fourth-order valence-electron chi connectivity index (χ4n) is 4.19. The third kappa shape index (κ3) is 4.50. The van der Waals surface area contributed by atoms with Gasteiger partial charge in [0.25, 0.3) is 5.91 Å². The first-order valence-electron chi connectivity index (χ1n) is 10.6. The smallest absolute Gasteiger partial charge is 0.253 e. The second-order valence-electron chi connectivity index (χ2n) is 7.90. The van der Waals surface area contributed by atoms with Gasteiger partial charge in [-0.15, -0.1) is 0 Å². The largest absolute Gasteiger partial charge is 0.339 e. The van der Waals surface area contributed by atoms with Crippen molar-refractivity contribution in [3.63, 3.8) is 0 Å². The van der Waals surface area contributed by atoms with Crippen LogP contribution >= 0.6 is 11.8 Å². The zero-order chi connectivity index (χ0) is 20.2. The Kier molecular flexibility index (Phi) is 6.24. The van der Waals surface area contributed by atoms with Crippen LogP contribution in [0.3, 0.4) is 0 Å². The lowest BCUT2D eigenvalue weighted by Gasteiger charge is -2.31. The number of nitrogens with zero attached hydrogens (tertiary/aromatic N) is 2. The molecule has 29 heavy (non-hydrogen) atoms. The molecule has 1 heterocycles. The van der Waals surface area contributed by atoms with Crippen molar-refractivity contribution >= 4 is 28.7 Å². The monoisotopic (exact) mass is 407 g/mol. The van der Waals surface area contributed by atoms with E-state index < -0.39 is 0 Å². The molecule has 1 unspecified atom stereocenters. The van der Waals surface area contributed by atoms with Crippen LogP contribution in [-0.4, -0.2) is 33.9 Å². The van der Waals surface area contributed by atoms with Crippen LogP contribution < -0.4 is 0 Å². The summed E-state index contributed by atoms with van der Waals surface area (Å²) in [6, 6.07) is 16.7. The Morgan fingerprint density at radius 2 is 1.86 bits per heavy atom. The number of fused-ring (bicyclic) bond motifs is 1. The summed E-state index contributed by atoms with van der Waals surface area (Å²) in [5.41, 5.74) is 4.08. The molecule has 4 rings (SSSR count). The summed E-state index contributed by atoms with van der Waals surface area (Å²) < 4.78 is 0. The van der Waals surface area contributed by atoms with Crippen LogP contribution in [0.2, 0.25) is 0 Å². The van der Waals surface area contributed by atoms with E-state index >= 15 is 0 Å². The highest BCUT2D eigenvalue weighted by Gasteiger charge is 2.23. The Hall–Kier alpha value is -2.27. The first-order valence-corrected chi connectivity index (χ1v) is 11.5. The van der Waals surface area contributed by atoms with Crippen LogP contribution in [0.1, 0.15) is 66.6 Å². The maximum absolute atomic E-state index is 12.9. The zero-order valence-electron chi connectivity index (χ0n) is 17.2. The maximum Gasteiger partial charge on any atom is 0.253 e. The topological polar surface area (TPSA) is 49.0 Å². The van der Waals surface area contributed by atoms with Gasteiger partial charge >= 0.3 is 0 Å². The highest BCUT2D eigenvalue weighted by Crippen LogP contribution is 2.37. The lowest BCUT2D eigenvalue weighted by Crippen LogP contribution is -2.38. The summed E-state index contributed by atoms with van der Waals surface area (Å²) >= 11 is 1.75. The van der Waals surface area contributed by atoms with E-state index in [4.69, 9.17) is 4.98 Å². The molecule has 1 fully saturated rings. The normalized spacial score (nSPS) is 16.1. The summed E-state index contributed by atoms with van der Waals surface area (Å²) in [4.78, 5) is 22.9. The van der Waals surface area contributed by atoms with Gasteiger partial charge in [0.1, 0.15) is 0 Å². The average molecular weight is 408 g/mol. The van der Waals surface area contributed by atoms with E-state index in [1.165, 1.54) is 24.8 Å². The molecule has 1 aliphatic carbocycles. The highest BCUT2D eigenvalue weighted by molar-refractivity contribution is 7.99. The number of hydrogen-bond acceptors (Lipinski definition) is 3. The fourth-order valence-corrected chi connectivity index (χ4v) is 5.23. The molecule has 3 aromatic rings. The highest BCUT2D eigenvalue weighted by atomic mass is 32.2. The predicted molar refractivity (Wildman–Crippen MR) is 120 cm³/mol. The number of thioether (sulfide) groups is 1. The van der Waals surface area contributed by atoms with Crippen molar-refractivity contribution in [2.45, 2.75) is 61.9 Å². The van der Waals surface area contributed by atoms with Crippen molar-refractivity contribution in [3.05, 3.63) is 59.7 Å². The quantitative estimate of drug-likeness (QED) is 0.494. The lowest BCUT2D eigenvalue weighted by atomic mass is 9.94. The molecular weight excluding hydrogens is 378 g/mol. The number of aromatic amines is 1. The average Bonchev–Trinajstić information content (AvgIpc) is 3.20. The summed E-state index contributed by atoms with van der Waals surface area (Å²) in [5.74, 6) is 0.140. The molecule has 0 saturated heterocycles. The molecule has 0 bridgehead atoms. The first kappa shape index (κ1) is 20.0. The van der Waals surface area contributed by atoms with Gasteiger partial charge in [-0.25, -0.2) is 4.98 Å². The Bertz CT molecular complexity index is 927. The number of para-hydroxylation sites is 2. The Balaban J connectivity index is 1.45. The predicted octanol–water partition coefficient (Wildman–Crippen LogP) is 6.21. The fraction of sp³-hybridized carbons (Fsp3) is 0.417. The molecule has 152 valence electrons. The van der Waals surface area contributed by atoms with E-state index in [0.29, 0.717) is 11.3 Å². The van der Waals surface area contributed by atoms with Crippen LogP contribution in [0.4, 0.5) is 0 Å². The Morgan fingerprint density at radius 1 is 1.14 bits per heavy atom. The number of hydrogen-bond donors (Lipinski definition) is 1. The number of amides is 1. The van der Waals surface area contributed by atoms with E-state index in [-0.39, 0.29) is 5.91 Å². The van der Waals surface area contributed by atoms with Gasteiger partial charge in [-0.1, -0.05) is 62.2 Å². The van der Waals surface area contributed by atoms with Gasteiger partial charge in [0.15, 0.2) is 5.16 Å². The van der Waals surface area contributed by atoms with Crippen molar-refractivity contribution in [2.24, 2.45) is 0 Å². The number of aromatic nitrogens is 2. The van der Waals surface area contributed by atoms with Gasteiger partial charge in [-0.05, 0) is 49.1 Å². The molecule has 0 aliphatic heterocycles. The first-order chi connectivity index (χ1) is 14.2. The number of carbonyl (C=O) groups excluding carboxylic acids is 1. The van der Waals surface area contributed by atoms with Crippen molar-refractivity contribution in [1.29, 1.82) is 0 Å². The summed E-state index contributed by atoms with van der Waals surface area (Å²) in [7, 11) is 1.96. The van der Waals surface area contributed by atoms with Crippen molar-refractivity contribution < 1.29 is 4.79 Å². The number of imidazole rings is 1. The SMILES string of the molecule is CCC(Sc1nc2ccccc2[nH]1)c1ccc(C(=O)N(C)C2CCCCC2)cc1. The van der Waals surface area contributed by atoms with E-state index in [1.54, 1.807) is 11.8 Å². The van der Waals surface area contributed by atoms with E-state index in [0.717, 1.165) is 41.0 Å². The third-order valence-corrected chi connectivity index (χ3v) is 7.27. The molecule has 4 nitrogen and oxygen atoms in total. The molecular formula is C24H29N3OS. The third-order valence-electron chi connectivity index (χ3n) is 5.96. The minimum absolute atomic E-state index is 0.140. The van der Waals surface area contributed by atoms with Crippen LogP contribution in [-0.2, 0) is 0 Å². The minimum Gasteiger partial charge on any atom is -0.339 e. The lowest BCUT2D eigenvalue weighted by molar-refractivity contribution is 0.0696. The number of H-pyrrole nitrogens is 1. The zero-order valence-corrected chi connectivity index (χ0v) is 18.0. The number of nitrogens with one attached hydrogen (secondary N) is 1. The summed E-state index contributed by atoms with van der Waals surface area (Å²) in [6.45, 7) is 2.19. The molecule has 1 aliphatic rings. The maximum atomic E-state index is 12.9. The minimum atomic E-state index is 0.140. The van der Waals surface area contributed by atoms with E-state index in [9.17, 15) is 4.79 Å². The molecule has 1 saturated carbocycles. The van der Waals surface area contributed by atoms with Gasteiger partial charge in [-0.3, -0.25) is 4.79 Å². The van der Waals surface area contributed by atoms with Gasteiger partial charge in [0.2, 0.25) is 0 Å². The van der Waals surface area contributed by atoms with Gasteiger partial charge in [0, 0.05) is 23.9 Å². The Morgan fingerprint density at radius 3 is 2.55 bits per heavy atom. The molecule has 2 aromatic carbocycles. The molecule has 0 radical (unpaired) electrons. The van der Waals surface area contributed by atoms with Crippen LogP contribution in [0.25, 0.3) is 11.0 Å². The summed E-state index contributed by atoms with van der Waals surface area (Å²) in [5, 5.41) is 1.24. The number of carbonyl (C=O) groups is 1. The molecule has 0 spiro atoms. The van der Waals surface area contributed by atoms with Crippen molar-refractivity contribution in [2.75, 3.05) is 7.05 Å². The second kappa shape index (κ2) is 9.04. The van der Waals surface area contributed by atoms with Crippen molar-refractivity contribution in [1.82, 2.24) is 14.9 Å². The molecule has 1 amide bonds. The van der Waals surface area contributed by atoms with E-state index in [2.05, 4.69) is 30.1 Å². The molecule has 1 atom stereocenters. The standard InChI is InChI=1S/C24H29N3OS/c1-3-22(29-24-25-20-11-7-8-12-21(20)26-24)17-13-15-18(16-14-17)23(28)27(2)19-9-5-4-6-10-19/h7-8,11-16,19,22H,3-6,9-10H2,1-2H3,(H,25,26). The summed E-state index contributed by atoms with van der Waals surface area (Å²) in [6.07, 6.45) is 7.03. The van der Waals surface area contributed by atoms with Crippen molar-refractivity contribution in [3.8, 4) is 0 Å².